The van der Waals surface area contributed by atoms with Crippen LogP contribution in [0.1, 0.15) is 29.8 Å². The van der Waals surface area contributed by atoms with E-state index in [1.54, 1.807) is 32.0 Å². The van der Waals surface area contributed by atoms with Crippen molar-refractivity contribution in [3.05, 3.63) is 35.4 Å². The number of imide groups is 1. The Morgan fingerprint density at radius 3 is 2.21 bits per heavy atom. The number of carboxylic acid groups (broad SMARTS) is 1. The Kier molecular flexibility index (Phi) is 3.38. The second kappa shape index (κ2) is 4.84. The molecule has 2 amide bonds. The number of carboxylic acids is 1. The molecule has 2 atom stereocenters. The molecular formula is C14H15NO4. The summed E-state index contributed by atoms with van der Waals surface area (Å²) in [5.74, 6) is -2.22. The second-order valence-electron chi connectivity index (χ2n) is 4.80. The molecule has 1 aliphatic rings. The van der Waals surface area contributed by atoms with Gasteiger partial charge in [-0.2, -0.15) is 0 Å². The normalized spacial score (nSPS) is 22.9. The van der Waals surface area contributed by atoms with Gasteiger partial charge < -0.3 is 5.11 Å². The van der Waals surface area contributed by atoms with Crippen LogP contribution in [0.3, 0.4) is 0 Å². The number of hydrogen-bond acceptors (Lipinski definition) is 3. The minimum absolute atomic E-state index is 0.0226. The summed E-state index contributed by atoms with van der Waals surface area (Å²) in [5.41, 5.74) is 0.591. The quantitative estimate of drug-likeness (QED) is 0.837. The highest BCUT2D eigenvalue weighted by atomic mass is 16.4. The van der Waals surface area contributed by atoms with Crippen molar-refractivity contribution in [3.63, 3.8) is 0 Å². The second-order valence-corrected chi connectivity index (χ2v) is 4.80. The van der Waals surface area contributed by atoms with Crippen LogP contribution >= 0.6 is 0 Å². The molecule has 0 aliphatic carbocycles. The Morgan fingerprint density at radius 1 is 1.16 bits per heavy atom. The highest BCUT2D eigenvalue weighted by Crippen LogP contribution is 2.27. The van der Waals surface area contributed by atoms with E-state index in [2.05, 4.69) is 0 Å². The first-order valence-corrected chi connectivity index (χ1v) is 6.10. The summed E-state index contributed by atoms with van der Waals surface area (Å²) in [6, 6.07) is 6.40. The lowest BCUT2D eigenvalue weighted by atomic mass is 10.00. The summed E-state index contributed by atoms with van der Waals surface area (Å²) >= 11 is 0. The molecule has 2 rings (SSSR count). The summed E-state index contributed by atoms with van der Waals surface area (Å²) < 4.78 is 0. The Balaban J connectivity index is 2.30. The maximum absolute atomic E-state index is 12.0. The molecular weight excluding hydrogens is 246 g/mol. The minimum Gasteiger partial charge on any atom is -0.478 e. The van der Waals surface area contributed by atoms with E-state index in [1.165, 1.54) is 6.07 Å². The van der Waals surface area contributed by atoms with Crippen LogP contribution in [-0.4, -0.2) is 27.8 Å². The molecule has 1 aromatic carbocycles. The Morgan fingerprint density at radius 2 is 1.68 bits per heavy atom. The van der Waals surface area contributed by atoms with Crippen molar-refractivity contribution >= 4 is 17.8 Å². The number of aromatic carboxylic acids is 1. The minimum atomic E-state index is -1.06. The highest BCUT2D eigenvalue weighted by Gasteiger charge is 2.42. The number of benzene rings is 1. The largest absolute Gasteiger partial charge is 0.478 e. The maximum atomic E-state index is 12.0. The fraction of sp³-hybridized carbons (Fsp3) is 0.357. The Hall–Kier alpha value is -2.17. The van der Waals surface area contributed by atoms with Crippen molar-refractivity contribution in [2.45, 2.75) is 20.4 Å². The average Bonchev–Trinajstić information content (AvgIpc) is 2.57. The van der Waals surface area contributed by atoms with E-state index in [4.69, 9.17) is 5.11 Å². The molecule has 1 fully saturated rings. The topological polar surface area (TPSA) is 74.7 Å². The molecule has 1 N–H and O–H groups in total. The van der Waals surface area contributed by atoms with E-state index in [0.717, 1.165) is 4.90 Å². The molecule has 1 saturated heterocycles. The third kappa shape index (κ3) is 2.23. The van der Waals surface area contributed by atoms with Crippen LogP contribution in [0, 0.1) is 11.8 Å². The van der Waals surface area contributed by atoms with E-state index in [9.17, 15) is 14.4 Å². The van der Waals surface area contributed by atoms with E-state index in [0.29, 0.717) is 5.56 Å². The molecule has 1 heterocycles. The number of nitrogens with zero attached hydrogens (tertiary/aromatic N) is 1. The monoisotopic (exact) mass is 261 g/mol. The van der Waals surface area contributed by atoms with Gasteiger partial charge in [-0.15, -0.1) is 0 Å². The summed E-state index contributed by atoms with van der Waals surface area (Å²) in [4.78, 5) is 36.2. The van der Waals surface area contributed by atoms with Crippen LogP contribution < -0.4 is 0 Å². The van der Waals surface area contributed by atoms with Crippen LogP contribution in [0.4, 0.5) is 0 Å². The van der Waals surface area contributed by atoms with Gasteiger partial charge in [0.2, 0.25) is 11.8 Å². The highest BCUT2D eigenvalue weighted by molar-refractivity contribution is 6.04. The number of hydrogen-bond donors (Lipinski definition) is 1. The van der Waals surface area contributed by atoms with Crippen LogP contribution in [-0.2, 0) is 16.1 Å². The Labute approximate surface area is 110 Å². The predicted molar refractivity (Wildman–Crippen MR) is 67.3 cm³/mol. The van der Waals surface area contributed by atoms with Crippen molar-refractivity contribution in [1.82, 2.24) is 4.90 Å². The van der Waals surface area contributed by atoms with Gasteiger partial charge in [0.25, 0.3) is 0 Å². The standard InChI is InChI=1S/C14H15NO4/c1-8-9(2)13(17)15(12(8)16)7-10-5-3-4-6-11(10)14(18)19/h3-6,8-9H,7H2,1-2H3,(H,18,19). The predicted octanol–water partition coefficient (Wildman–Crippen LogP) is 1.53. The van der Waals surface area contributed by atoms with Gasteiger partial charge >= 0.3 is 5.97 Å². The third-order valence-electron chi connectivity index (χ3n) is 3.64. The lowest BCUT2D eigenvalue weighted by Gasteiger charge is -2.16. The number of amides is 2. The molecule has 100 valence electrons. The zero-order valence-corrected chi connectivity index (χ0v) is 10.8. The summed E-state index contributed by atoms with van der Waals surface area (Å²) in [6.45, 7) is 3.46. The molecule has 5 nitrogen and oxygen atoms in total. The van der Waals surface area contributed by atoms with Gasteiger partial charge in [-0.25, -0.2) is 4.79 Å². The Bertz CT molecular complexity index is 532. The summed E-state index contributed by atoms with van der Waals surface area (Å²) in [6.07, 6.45) is 0. The molecule has 0 spiro atoms. The molecule has 5 heteroatoms. The van der Waals surface area contributed by atoms with Crippen LogP contribution in [0.5, 0.6) is 0 Å². The van der Waals surface area contributed by atoms with Crippen molar-refractivity contribution in [1.29, 1.82) is 0 Å². The summed E-state index contributed by atoms with van der Waals surface area (Å²) in [7, 11) is 0. The van der Waals surface area contributed by atoms with Crippen molar-refractivity contribution in [2.24, 2.45) is 11.8 Å². The molecule has 0 bridgehead atoms. The zero-order chi connectivity index (χ0) is 14.2. The van der Waals surface area contributed by atoms with E-state index >= 15 is 0 Å². The molecule has 1 aliphatic heterocycles. The van der Waals surface area contributed by atoms with Gasteiger partial charge in [0, 0.05) is 11.8 Å². The average molecular weight is 261 g/mol. The number of rotatable bonds is 3. The van der Waals surface area contributed by atoms with Gasteiger partial charge in [0.1, 0.15) is 0 Å². The number of carbonyl (C=O) groups is 3. The molecule has 0 radical (unpaired) electrons. The number of carbonyl (C=O) groups excluding carboxylic acids is 2. The fourth-order valence-electron chi connectivity index (χ4n) is 2.22. The van der Waals surface area contributed by atoms with Gasteiger partial charge in [-0.3, -0.25) is 14.5 Å². The lowest BCUT2D eigenvalue weighted by molar-refractivity contribution is -0.140. The zero-order valence-electron chi connectivity index (χ0n) is 10.8. The van der Waals surface area contributed by atoms with E-state index in [1.807, 2.05) is 0 Å². The molecule has 19 heavy (non-hydrogen) atoms. The van der Waals surface area contributed by atoms with Crippen molar-refractivity contribution in [2.75, 3.05) is 0 Å². The first-order valence-electron chi connectivity index (χ1n) is 6.10. The smallest absolute Gasteiger partial charge is 0.336 e. The first-order chi connectivity index (χ1) is 8.93. The van der Waals surface area contributed by atoms with Crippen molar-refractivity contribution in [3.8, 4) is 0 Å². The SMILES string of the molecule is CC1C(=O)N(Cc2ccccc2C(=O)O)C(=O)C1C. The van der Waals surface area contributed by atoms with Crippen LogP contribution in [0.2, 0.25) is 0 Å². The van der Waals surface area contributed by atoms with Crippen LogP contribution in [0.15, 0.2) is 24.3 Å². The third-order valence-corrected chi connectivity index (χ3v) is 3.64. The van der Waals surface area contributed by atoms with Gasteiger partial charge in [-0.05, 0) is 11.6 Å². The summed E-state index contributed by atoms with van der Waals surface area (Å²) in [5, 5.41) is 9.09. The van der Waals surface area contributed by atoms with Gasteiger partial charge in [0.15, 0.2) is 0 Å². The van der Waals surface area contributed by atoms with Gasteiger partial charge in [0.05, 0.1) is 12.1 Å². The fourth-order valence-corrected chi connectivity index (χ4v) is 2.22. The first kappa shape index (κ1) is 13.3. The molecule has 1 aromatic rings. The van der Waals surface area contributed by atoms with Crippen molar-refractivity contribution < 1.29 is 19.5 Å². The van der Waals surface area contributed by atoms with Crippen LogP contribution in [0.25, 0.3) is 0 Å². The molecule has 0 aromatic heterocycles. The van der Waals surface area contributed by atoms with E-state index in [-0.39, 0.29) is 35.8 Å². The van der Waals surface area contributed by atoms with Gasteiger partial charge in [-0.1, -0.05) is 32.0 Å². The van der Waals surface area contributed by atoms with E-state index < -0.39 is 5.97 Å². The number of likely N-dealkylation sites (tertiary alicyclic amines) is 1. The molecule has 0 saturated carbocycles. The lowest BCUT2D eigenvalue weighted by Crippen LogP contribution is -2.31. The molecule has 2 unspecified atom stereocenters. The maximum Gasteiger partial charge on any atom is 0.336 e.